The van der Waals surface area contributed by atoms with Gasteiger partial charge >= 0.3 is 0 Å². The highest BCUT2D eigenvalue weighted by molar-refractivity contribution is 7.89. The Balaban J connectivity index is 1.88. The summed E-state index contributed by atoms with van der Waals surface area (Å²) in [6.45, 7) is 2.39. The first-order valence-electron chi connectivity index (χ1n) is 6.40. The number of rotatable bonds is 7. The molecule has 0 fully saturated rings. The van der Waals surface area contributed by atoms with Crippen LogP contribution in [0.2, 0.25) is 0 Å². The van der Waals surface area contributed by atoms with Crippen molar-refractivity contribution in [2.24, 2.45) is 0 Å². The average molecular weight is 282 g/mol. The van der Waals surface area contributed by atoms with Crippen molar-refractivity contribution in [2.75, 3.05) is 12.3 Å². The summed E-state index contributed by atoms with van der Waals surface area (Å²) in [6.07, 6.45) is 3.63. The lowest BCUT2D eigenvalue weighted by molar-refractivity contribution is 0.578. The number of hydrogen-bond acceptors (Lipinski definition) is 4. The van der Waals surface area contributed by atoms with Crippen molar-refractivity contribution in [3.63, 3.8) is 0 Å². The Kier molecular flexibility index (Phi) is 4.55. The summed E-state index contributed by atoms with van der Waals surface area (Å²) in [7, 11) is -3.13. The van der Waals surface area contributed by atoms with Crippen molar-refractivity contribution in [1.29, 1.82) is 0 Å². The van der Waals surface area contributed by atoms with E-state index < -0.39 is 10.0 Å². The number of sulfonamides is 1. The maximum atomic E-state index is 11.6. The fraction of sp³-hybridized carbons (Fsp3) is 0.462. The molecule has 2 aromatic rings. The summed E-state index contributed by atoms with van der Waals surface area (Å²) in [5.74, 6) is 0.200. The molecule has 0 radical (unpaired) electrons. The van der Waals surface area contributed by atoms with Gasteiger partial charge in [-0.3, -0.25) is 0 Å². The van der Waals surface area contributed by atoms with Crippen molar-refractivity contribution in [1.82, 2.24) is 9.71 Å². The summed E-state index contributed by atoms with van der Waals surface area (Å²) >= 11 is 0. The first kappa shape index (κ1) is 14.0. The highest BCUT2D eigenvalue weighted by Crippen LogP contribution is 2.14. The van der Waals surface area contributed by atoms with E-state index in [1.807, 2.05) is 25.1 Å². The van der Waals surface area contributed by atoms with Gasteiger partial charge in [-0.15, -0.1) is 0 Å². The molecule has 19 heavy (non-hydrogen) atoms. The number of nitrogens with zero attached hydrogens (tertiary/aromatic N) is 1. The second-order valence-electron chi connectivity index (χ2n) is 4.47. The van der Waals surface area contributed by atoms with Crippen LogP contribution >= 0.6 is 0 Å². The number of hydrogen-bond donors (Lipinski definition) is 1. The summed E-state index contributed by atoms with van der Waals surface area (Å²) in [4.78, 5) is 4.07. The zero-order chi connectivity index (χ0) is 13.7. The van der Waals surface area contributed by atoms with E-state index in [1.165, 1.54) is 6.39 Å². The van der Waals surface area contributed by atoms with Crippen molar-refractivity contribution < 1.29 is 12.8 Å². The van der Waals surface area contributed by atoms with Crippen LogP contribution < -0.4 is 4.72 Å². The summed E-state index contributed by atoms with van der Waals surface area (Å²) in [6, 6.07) is 5.69. The molecule has 0 aliphatic heterocycles. The lowest BCUT2D eigenvalue weighted by atomic mass is 10.1. The van der Waals surface area contributed by atoms with Crippen molar-refractivity contribution in [2.45, 2.75) is 26.2 Å². The minimum atomic E-state index is -3.13. The SMILES string of the molecule is CCCCS(=O)(=O)NCCc1ccc2ocnc2c1. The van der Waals surface area contributed by atoms with Crippen LogP contribution in [0.15, 0.2) is 29.0 Å². The Labute approximate surface area is 113 Å². The van der Waals surface area contributed by atoms with E-state index in [2.05, 4.69) is 9.71 Å². The number of aromatic nitrogens is 1. The van der Waals surface area contributed by atoms with E-state index in [9.17, 15) is 8.42 Å². The molecular formula is C13H18N2O3S. The molecule has 2 rings (SSSR count). The Hall–Kier alpha value is -1.40. The molecule has 104 valence electrons. The Morgan fingerprint density at radius 3 is 3.00 bits per heavy atom. The van der Waals surface area contributed by atoms with E-state index in [-0.39, 0.29) is 5.75 Å². The van der Waals surface area contributed by atoms with Gasteiger partial charge in [-0.25, -0.2) is 18.1 Å². The topological polar surface area (TPSA) is 72.2 Å². The van der Waals surface area contributed by atoms with E-state index in [0.717, 1.165) is 23.1 Å². The number of oxazole rings is 1. The molecule has 0 saturated heterocycles. The van der Waals surface area contributed by atoms with Crippen LogP contribution in [-0.4, -0.2) is 25.7 Å². The van der Waals surface area contributed by atoms with Crippen LogP contribution in [0.5, 0.6) is 0 Å². The first-order valence-corrected chi connectivity index (χ1v) is 8.05. The fourth-order valence-corrected chi connectivity index (χ4v) is 3.04. The van der Waals surface area contributed by atoms with Crippen LogP contribution in [0.1, 0.15) is 25.3 Å². The van der Waals surface area contributed by atoms with Gasteiger partial charge in [-0.05, 0) is 30.5 Å². The second-order valence-corrected chi connectivity index (χ2v) is 6.40. The van der Waals surface area contributed by atoms with Crippen LogP contribution in [0, 0.1) is 0 Å². The summed E-state index contributed by atoms with van der Waals surface area (Å²) in [5, 5.41) is 0. The van der Waals surface area contributed by atoms with Crippen LogP contribution in [0.4, 0.5) is 0 Å². The third-order valence-corrected chi connectivity index (χ3v) is 4.37. The number of unbranched alkanes of at least 4 members (excludes halogenated alkanes) is 1. The molecule has 5 nitrogen and oxygen atoms in total. The van der Waals surface area contributed by atoms with Crippen LogP contribution in [-0.2, 0) is 16.4 Å². The van der Waals surface area contributed by atoms with Crippen molar-refractivity contribution in [3.05, 3.63) is 30.2 Å². The predicted octanol–water partition coefficient (Wildman–Crippen LogP) is 2.09. The highest BCUT2D eigenvalue weighted by Gasteiger charge is 2.08. The molecule has 1 aromatic carbocycles. The van der Waals surface area contributed by atoms with Gasteiger partial charge in [-0.2, -0.15) is 0 Å². The molecule has 0 saturated carbocycles. The molecule has 1 aromatic heterocycles. The molecule has 0 amide bonds. The van der Waals surface area contributed by atoms with E-state index in [1.54, 1.807) is 0 Å². The molecule has 0 aliphatic carbocycles. The molecule has 1 heterocycles. The molecule has 6 heteroatoms. The van der Waals surface area contributed by atoms with Crippen LogP contribution in [0.3, 0.4) is 0 Å². The van der Waals surface area contributed by atoms with Crippen molar-refractivity contribution >= 4 is 21.1 Å². The molecule has 1 N–H and O–H groups in total. The monoisotopic (exact) mass is 282 g/mol. The smallest absolute Gasteiger partial charge is 0.211 e. The maximum Gasteiger partial charge on any atom is 0.211 e. The van der Waals surface area contributed by atoms with Gasteiger partial charge < -0.3 is 4.42 Å². The summed E-state index contributed by atoms with van der Waals surface area (Å²) < 4.78 is 31.0. The lowest BCUT2D eigenvalue weighted by Gasteiger charge is -2.06. The van der Waals surface area contributed by atoms with Gasteiger partial charge in [0, 0.05) is 6.54 Å². The molecule has 0 atom stereocenters. The molecule has 0 bridgehead atoms. The molecular weight excluding hydrogens is 264 g/mol. The third-order valence-electron chi connectivity index (χ3n) is 2.90. The predicted molar refractivity (Wildman–Crippen MR) is 74.4 cm³/mol. The first-order chi connectivity index (χ1) is 9.11. The van der Waals surface area contributed by atoms with Gasteiger partial charge in [0.1, 0.15) is 5.52 Å². The zero-order valence-corrected chi connectivity index (χ0v) is 11.7. The average Bonchev–Trinajstić information content (AvgIpc) is 2.83. The number of benzene rings is 1. The Morgan fingerprint density at radius 1 is 1.37 bits per heavy atom. The fourth-order valence-electron chi connectivity index (χ4n) is 1.82. The van der Waals surface area contributed by atoms with Gasteiger partial charge in [0.15, 0.2) is 12.0 Å². The Bertz CT molecular complexity index is 634. The molecule has 0 unspecified atom stereocenters. The standard InChI is InChI=1S/C13H18N2O3S/c1-2-3-8-19(16,17)15-7-6-11-4-5-13-12(9-11)14-10-18-13/h4-5,9-10,15H,2-3,6-8H2,1H3. The summed E-state index contributed by atoms with van der Waals surface area (Å²) in [5.41, 5.74) is 2.58. The van der Waals surface area contributed by atoms with Gasteiger partial charge in [0.05, 0.1) is 5.75 Å². The Morgan fingerprint density at radius 2 is 2.21 bits per heavy atom. The molecule has 0 spiro atoms. The largest absolute Gasteiger partial charge is 0.443 e. The third kappa shape index (κ3) is 4.04. The maximum absolute atomic E-state index is 11.6. The van der Waals surface area contributed by atoms with Gasteiger partial charge in [0.25, 0.3) is 0 Å². The zero-order valence-electron chi connectivity index (χ0n) is 10.9. The van der Waals surface area contributed by atoms with Crippen LogP contribution in [0.25, 0.3) is 11.1 Å². The number of nitrogens with one attached hydrogen (secondary N) is 1. The van der Waals surface area contributed by atoms with Gasteiger partial charge in [0.2, 0.25) is 10.0 Å². The van der Waals surface area contributed by atoms with Gasteiger partial charge in [-0.1, -0.05) is 19.4 Å². The van der Waals surface area contributed by atoms with E-state index in [4.69, 9.17) is 4.42 Å². The normalized spacial score (nSPS) is 12.1. The molecule has 0 aliphatic rings. The number of fused-ring (bicyclic) bond motifs is 1. The minimum Gasteiger partial charge on any atom is -0.443 e. The van der Waals surface area contributed by atoms with Crippen molar-refractivity contribution in [3.8, 4) is 0 Å². The van der Waals surface area contributed by atoms with E-state index in [0.29, 0.717) is 19.4 Å². The lowest BCUT2D eigenvalue weighted by Crippen LogP contribution is -2.28. The quantitative estimate of drug-likeness (QED) is 0.844. The minimum absolute atomic E-state index is 0.200. The highest BCUT2D eigenvalue weighted by atomic mass is 32.2. The van der Waals surface area contributed by atoms with E-state index >= 15 is 0 Å². The second kappa shape index (κ2) is 6.16.